The van der Waals surface area contributed by atoms with E-state index in [2.05, 4.69) is 158 Å². The van der Waals surface area contributed by atoms with Crippen LogP contribution in [0.2, 0.25) is 0 Å². The minimum Gasteiger partial charge on any atom is -0.456 e. The Kier molecular flexibility index (Phi) is 4.57. The van der Waals surface area contributed by atoms with E-state index < -0.39 is 5.41 Å². The highest BCUT2D eigenvalue weighted by atomic mass is 16.5. The first-order valence-electron chi connectivity index (χ1n) is 16.0. The van der Waals surface area contributed by atoms with Gasteiger partial charge in [0.05, 0.1) is 5.41 Å². The molecule has 46 heavy (non-hydrogen) atoms. The first kappa shape index (κ1) is 24.4. The molecule has 3 aliphatic rings. The molecule has 1 heterocycles. The Morgan fingerprint density at radius 1 is 0.348 bits per heavy atom. The first-order chi connectivity index (χ1) is 22.8. The van der Waals surface area contributed by atoms with Crippen LogP contribution >= 0.6 is 0 Å². The molecule has 1 heteroatoms. The van der Waals surface area contributed by atoms with E-state index in [9.17, 15) is 0 Å². The summed E-state index contributed by atoms with van der Waals surface area (Å²) in [5.74, 6) is 1.83. The molecule has 0 fully saturated rings. The zero-order valence-corrected chi connectivity index (χ0v) is 24.9. The summed E-state index contributed by atoms with van der Waals surface area (Å²) in [6.07, 6.45) is 0. The van der Waals surface area contributed by atoms with Gasteiger partial charge in [0.2, 0.25) is 0 Å². The van der Waals surface area contributed by atoms with Crippen molar-refractivity contribution >= 4 is 21.5 Å². The zero-order valence-electron chi connectivity index (χ0n) is 24.9. The van der Waals surface area contributed by atoms with Gasteiger partial charge < -0.3 is 4.74 Å². The van der Waals surface area contributed by atoms with Gasteiger partial charge in [-0.2, -0.15) is 0 Å². The predicted molar refractivity (Wildman–Crippen MR) is 189 cm³/mol. The number of benzene rings is 8. The maximum atomic E-state index is 6.56. The topological polar surface area (TPSA) is 9.23 Å². The number of ether oxygens (including phenoxy) is 1. The summed E-state index contributed by atoms with van der Waals surface area (Å²) in [7, 11) is 0. The van der Waals surface area contributed by atoms with Gasteiger partial charge in [-0.1, -0.05) is 140 Å². The van der Waals surface area contributed by atoms with Gasteiger partial charge in [-0.15, -0.1) is 0 Å². The van der Waals surface area contributed by atoms with Crippen LogP contribution in [-0.4, -0.2) is 0 Å². The second-order valence-corrected chi connectivity index (χ2v) is 12.8. The Balaban J connectivity index is 1.22. The monoisotopic (exact) mass is 582 g/mol. The highest BCUT2D eigenvalue weighted by molar-refractivity contribution is 6.09. The van der Waals surface area contributed by atoms with Gasteiger partial charge in [0.15, 0.2) is 0 Å². The van der Waals surface area contributed by atoms with Crippen molar-refractivity contribution in [3.63, 3.8) is 0 Å². The van der Waals surface area contributed by atoms with Crippen LogP contribution in [0.3, 0.4) is 0 Å². The standard InChI is InChI=1S/C45H26O/c1-3-19-36-31(14-1)33-17-5-10-27-12-7-21-39(42(27)33)45(36)37-20-4-2-15-32(37)35-26-29(24-25-38(35)45)30-16-9-23-41-44(30)34-18-6-11-28-13-8-22-40(46-41)43(28)34/h1-26H. The van der Waals surface area contributed by atoms with Gasteiger partial charge in [-0.3, -0.25) is 0 Å². The average Bonchev–Trinajstić information content (AvgIpc) is 3.40. The molecule has 0 N–H and O–H groups in total. The smallest absolute Gasteiger partial charge is 0.135 e. The Bertz CT molecular complexity index is 2610. The molecule has 1 spiro atoms. The third-order valence-corrected chi connectivity index (χ3v) is 10.7. The van der Waals surface area contributed by atoms with Crippen molar-refractivity contribution in [3.05, 3.63) is 180 Å². The summed E-state index contributed by atoms with van der Waals surface area (Å²) >= 11 is 0. The summed E-state index contributed by atoms with van der Waals surface area (Å²) in [4.78, 5) is 0. The van der Waals surface area contributed by atoms with Gasteiger partial charge >= 0.3 is 0 Å². The zero-order chi connectivity index (χ0) is 30.0. The number of rotatable bonds is 1. The van der Waals surface area contributed by atoms with E-state index in [1.807, 2.05) is 0 Å². The van der Waals surface area contributed by atoms with Crippen molar-refractivity contribution in [3.8, 4) is 56.0 Å². The quantitative estimate of drug-likeness (QED) is 0.187. The second-order valence-electron chi connectivity index (χ2n) is 12.8. The van der Waals surface area contributed by atoms with E-state index >= 15 is 0 Å². The third kappa shape index (κ3) is 2.87. The molecule has 8 aromatic rings. The largest absolute Gasteiger partial charge is 0.456 e. The predicted octanol–water partition coefficient (Wildman–Crippen LogP) is 11.8. The maximum Gasteiger partial charge on any atom is 0.135 e. The molecule has 0 saturated carbocycles. The molecule has 0 bridgehead atoms. The third-order valence-electron chi connectivity index (χ3n) is 10.7. The number of hydrogen-bond acceptors (Lipinski definition) is 1. The Morgan fingerprint density at radius 2 is 0.891 bits per heavy atom. The van der Waals surface area contributed by atoms with E-state index in [1.54, 1.807) is 0 Å². The van der Waals surface area contributed by atoms with Crippen molar-refractivity contribution in [1.29, 1.82) is 0 Å². The number of hydrogen-bond donors (Lipinski definition) is 0. The molecule has 8 aromatic carbocycles. The van der Waals surface area contributed by atoms with Crippen LogP contribution in [0.15, 0.2) is 158 Å². The highest BCUT2D eigenvalue weighted by Gasteiger charge is 2.50. The van der Waals surface area contributed by atoms with Gasteiger partial charge in [0.25, 0.3) is 0 Å². The van der Waals surface area contributed by atoms with Crippen LogP contribution in [0.4, 0.5) is 0 Å². The molecule has 0 aromatic heterocycles. The number of fused-ring (bicyclic) bond motifs is 11. The summed E-state index contributed by atoms with van der Waals surface area (Å²) in [6.45, 7) is 0. The van der Waals surface area contributed by atoms with E-state index in [-0.39, 0.29) is 0 Å². The lowest BCUT2D eigenvalue weighted by atomic mass is 9.61. The lowest BCUT2D eigenvalue weighted by Gasteiger charge is -2.40. The van der Waals surface area contributed by atoms with Gasteiger partial charge in [0, 0.05) is 10.9 Å². The molecule has 0 radical (unpaired) electrons. The van der Waals surface area contributed by atoms with Crippen LogP contribution in [0.5, 0.6) is 11.5 Å². The van der Waals surface area contributed by atoms with Gasteiger partial charge in [-0.25, -0.2) is 0 Å². The molecule has 11 rings (SSSR count). The molecular formula is C45H26O. The van der Waals surface area contributed by atoms with Crippen molar-refractivity contribution in [1.82, 2.24) is 0 Å². The SMILES string of the molecule is c1ccc2c(c1)-c1cc(-c3cccc4c3-c3cccc5cccc(c35)O4)ccc1C21c2ccccc2-c2cccc3cccc1c23. The molecule has 0 amide bonds. The van der Waals surface area contributed by atoms with Gasteiger partial charge in [0.1, 0.15) is 11.5 Å². The molecule has 1 aliphatic heterocycles. The van der Waals surface area contributed by atoms with Crippen molar-refractivity contribution in [2.24, 2.45) is 0 Å². The van der Waals surface area contributed by atoms with E-state index in [1.165, 1.54) is 82.7 Å². The molecule has 212 valence electrons. The lowest BCUT2D eigenvalue weighted by Crippen LogP contribution is -2.31. The fourth-order valence-electron chi connectivity index (χ4n) is 8.95. The molecular weight excluding hydrogens is 556 g/mol. The highest BCUT2D eigenvalue weighted by Crippen LogP contribution is 2.62. The van der Waals surface area contributed by atoms with E-state index in [0.29, 0.717) is 0 Å². The maximum absolute atomic E-state index is 6.56. The average molecular weight is 583 g/mol. The van der Waals surface area contributed by atoms with Crippen LogP contribution < -0.4 is 4.74 Å². The van der Waals surface area contributed by atoms with Crippen LogP contribution in [-0.2, 0) is 5.41 Å². The summed E-state index contributed by atoms with van der Waals surface area (Å²) in [5, 5.41) is 5.03. The minimum atomic E-state index is -0.404. The molecule has 1 nitrogen and oxygen atoms in total. The van der Waals surface area contributed by atoms with Crippen LogP contribution in [0, 0.1) is 0 Å². The molecule has 1 unspecified atom stereocenters. The molecule has 0 saturated heterocycles. The molecule has 2 aliphatic carbocycles. The first-order valence-corrected chi connectivity index (χ1v) is 16.0. The summed E-state index contributed by atoms with van der Waals surface area (Å²) < 4.78 is 6.56. The van der Waals surface area contributed by atoms with Crippen molar-refractivity contribution < 1.29 is 4.74 Å². The summed E-state index contributed by atoms with van der Waals surface area (Å²) in [5.41, 5.74) is 15.0. The normalized spacial score (nSPS) is 16.1. The van der Waals surface area contributed by atoms with Crippen LogP contribution in [0.1, 0.15) is 22.3 Å². The fraction of sp³-hybridized carbons (Fsp3) is 0.0222. The van der Waals surface area contributed by atoms with E-state index in [0.717, 1.165) is 17.1 Å². The van der Waals surface area contributed by atoms with Crippen LogP contribution in [0.25, 0.3) is 66.1 Å². The fourth-order valence-corrected chi connectivity index (χ4v) is 8.95. The van der Waals surface area contributed by atoms with Gasteiger partial charge in [-0.05, 0) is 95.6 Å². The van der Waals surface area contributed by atoms with E-state index in [4.69, 9.17) is 4.74 Å². The minimum absolute atomic E-state index is 0.404. The Morgan fingerprint density at radius 3 is 1.70 bits per heavy atom. The molecule has 1 atom stereocenters. The lowest BCUT2D eigenvalue weighted by molar-refractivity contribution is 0.487. The van der Waals surface area contributed by atoms with Crippen molar-refractivity contribution in [2.45, 2.75) is 5.41 Å². The summed E-state index contributed by atoms with van der Waals surface area (Å²) in [6, 6.07) is 58.3. The second kappa shape index (κ2) is 8.62. The Labute approximate surface area is 267 Å². The Hall–Kier alpha value is -5.92. The van der Waals surface area contributed by atoms with Crippen molar-refractivity contribution in [2.75, 3.05) is 0 Å².